The van der Waals surface area contributed by atoms with Gasteiger partial charge in [-0.05, 0) is 44.9 Å². The van der Waals surface area contributed by atoms with E-state index in [4.69, 9.17) is 18.9 Å². The fourth-order valence-electron chi connectivity index (χ4n) is 8.50. The van der Waals surface area contributed by atoms with Crippen LogP contribution in [-0.4, -0.2) is 140 Å². The minimum atomic E-state index is -1.79. The molecular weight excluding hydrogens is 847 g/mol. The molecule has 386 valence electrons. The van der Waals surface area contributed by atoms with Crippen molar-refractivity contribution in [2.45, 2.75) is 267 Å². The molecule has 12 unspecified atom stereocenters. The molecule has 0 aromatic rings. The topological polar surface area (TPSA) is 228 Å². The fraction of sp³-hybridized carbons (Fsp3) is 0.865. The molecule has 0 radical (unpaired) electrons. The molecule has 0 spiro atoms. The van der Waals surface area contributed by atoms with Gasteiger partial charge in [-0.25, -0.2) is 0 Å². The van der Waals surface area contributed by atoms with Gasteiger partial charge in [0, 0.05) is 6.42 Å². The quantitative estimate of drug-likeness (QED) is 0.0221. The number of hydrogen-bond acceptors (Lipinski definition) is 13. The summed E-state index contributed by atoms with van der Waals surface area (Å²) in [4.78, 5) is 13.1. The van der Waals surface area contributed by atoms with E-state index in [2.05, 4.69) is 43.5 Å². The zero-order valence-electron chi connectivity index (χ0n) is 40.9. The first-order valence-corrected chi connectivity index (χ1v) is 26.2. The van der Waals surface area contributed by atoms with Crippen LogP contribution in [0.5, 0.6) is 0 Å². The Morgan fingerprint density at radius 1 is 0.530 bits per heavy atom. The number of carbonyl (C=O) groups is 1. The molecule has 2 rings (SSSR count). The van der Waals surface area contributed by atoms with Crippen molar-refractivity contribution in [2.24, 2.45) is 0 Å². The van der Waals surface area contributed by atoms with Crippen LogP contribution in [0, 0.1) is 0 Å². The lowest BCUT2D eigenvalue weighted by molar-refractivity contribution is -0.359. The monoisotopic (exact) mass is 942 g/mol. The molecule has 66 heavy (non-hydrogen) atoms. The van der Waals surface area contributed by atoms with Crippen LogP contribution in [0.3, 0.4) is 0 Å². The highest BCUT2D eigenvalue weighted by Crippen LogP contribution is 2.30. The van der Waals surface area contributed by atoms with Crippen molar-refractivity contribution in [3.8, 4) is 0 Å². The Morgan fingerprint density at radius 2 is 0.970 bits per heavy atom. The number of rotatable bonds is 40. The number of hydrogen-bond donors (Lipinski definition) is 9. The molecular formula is C52H95NO13. The molecule has 2 fully saturated rings. The van der Waals surface area contributed by atoms with Gasteiger partial charge in [-0.15, -0.1) is 0 Å². The minimum Gasteiger partial charge on any atom is -0.394 e. The standard InChI is InChI=1S/C52H95NO13/c1-3-5-7-9-11-13-15-17-18-19-20-21-22-23-24-25-27-29-31-33-35-41(56)40(53-44(57)36-34-32-30-28-26-16-14-12-10-8-6-4-2)39-63-51-49(62)47(60)50(43(38-55)65-51)66-52-48(61)46(59)45(58)42(37-54)64-52/h21-22,25,27,33,35,40-43,45-52,54-56,58-62H,3-20,23-24,26,28-32,34,36-39H2,1-2H3,(H,53,57)/b22-21+,27-25+,35-33+. The van der Waals surface area contributed by atoms with Crippen LogP contribution in [0.1, 0.15) is 194 Å². The van der Waals surface area contributed by atoms with E-state index in [1.807, 2.05) is 6.08 Å². The first-order valence-electron chi connectivity index (χ1n) is 26.2. The van der Waals surface area contributed by atoms with Gasteiger partial charge in [0.2, 0.25) is 5.91 Å². The first kappa shape index (κ1) is 60.3. The Morgan fingerprint density at radius 3 is 1.48 bits per heavy atom. The van der Waals surface area contributed by atoms with E-state index in [9.17, 15) is 45.6 Å². The van der Waals surface area contributed by atoms with Gasteiger partial charge < -0.3 is 65.1 Å². The number of allylic oxidation sites excluding steroid dienone is 5. The average Bonchev–Trinajstić information content (AvgIpc) is 3.31. The number of carbonyl (C=O) groups excluding carboxylic acids is 1. The highest BCUT2D eigenvalue weighted by molar-refractivity contribution is 5.76. The van der Waals surface area contributed by atoms with Crippen LogP contribution in [0.25, 0.3) is 0 Å². The Bertz CT molecular complexity index is 1250. The van der Waals surface area contributed by atoms with Crippen LogP contribution in [0.4, 0.5) is 0 Å². The summed E-state index contributed by atoms with van der Waals surface area (Å²) in [5, 5.41) is 86.7. The molecule has 0 bridgehead atoms. The van der Waals surface area contributed by atoms with Crippen molar-refractivity contribution >= 4 is 5.91 Å². The van der Waals surface area contributed by atoms with E-state index < -0.39 is 86.8 Å². The van der Waals surface area contributed by atoms with Crippen molar-refractivity contribution in [1.29, 1.82) is 0 Å². The molecule has 9 N–H and O–H groups in total. The van der Waals surface area contributed by atoms with Crippen LogP contribution in [0.15, 0.2) is 36.5 Å². The number of unbranched alkanes of at least 4 members (excludes halogenated alkanes) is 23. The predicted octanol–water partition coefficient (Wildman–Crippen LogP) is 7.10. The average molecular weight is 942 g/mol. The van der Waals surface area contributed by atoms with Gasteiger partial charge in [0.1, 0.15) is 48.8 Å². The van der Waals surface area contributed by atoms with E-state index in [1.165, 1.54) is 116 Å². The SMILES string of the molecule is CCCCCCCCCCCC/C=C/CC/C=C/CC/C=C/C(O)C(COC1OC(CO)C(OC2OC(CO)C(O)C(O)C2O)C(O)C1O)NC(=O)CCCCCCCCCCCCCC. The maximum atomic E-state index is 13.1. The van der Waals surface area contributed by atoms with Gasteiger partial charge in [-0.2, -0.15) is 0 Å². The highest BCUT2D eigenvalue weighted by Gasteiger charge is 2.51. The van der Waals surface area contributed by atoms with Crippen LogP contribution >= 0.6 is 0 Å². The lowest BCUT2D eigenvalue weighted by atomic mass is 9.97. The number of aliphatic hydroxyl groups excluding tert-OH is 8. The third kappa shape index (κ3) is 25.7. The second-order valence-corrected chi connectivity index (χ2v) is 18.6. The first-order chi connectivity index (χ1) is 32.1. The third-order valence-corrected chi connectivity index (χ3v) is 12.8. The zero-order valence-corrected chi connectivity index (χ0v) is 40.9. The molecule has 0 aromatic heterocycles. The second kappa shape index (κ2) is 39.0. The molecule has 14 heteroatoms. The Balaban J connectivity index is 1.85. The summed E-state index contributed by atoms with van der Waals surface area (Å²) in [6.45, 7) is 2.75. The van der Waals surface area contributed by atoms with Gasteiger partial charge >= 0.3 is 0 Å². The van der Waals surface area contributed by atoms with Crippen LogP contribution in [0.2, 0.25) is 0 Å². The summed E-state index contributed by atoms with van der Waals surface area (Å²) in [5.74, 6) is -0.255. The lowest BCUT2D eigenvalue weighted by Crippen LogP contribution is -2.65. The van der Waals surface area contributed by atoms with Crippen molar-refractivity contribution < 1.29 is 64.6 Å². The molecule has 2 aliphatic rings. The van der Waals surface area contributed by atoms with Gasteiger partial charge in [0.05, 0.1) is 32.0 Å². The molecule has 1 amide bonds. The predicted molar refractivity (Wildman–Crippen MR) is 258 cm³/mol. The molecule has 12 atom stereocenters. The lowest BCUT2D eigenvalue weighted by Gasteiger charge is -2.46. The van der Waals surface area contributed by atoms with Gasteiger partial charge in [0.25, 0.3) is 0 Å². The smallest absolute Gasteiger partial charge is 0.220 e. The zero-order chi connectivity index (χ0) is 48.2. The summed E-state index contributed by atoms with van der Waals surface area (Å²) < 4.78 is 22.7. The normalized spacial score (nSPS) is 27.1. The van der Waals surface area contributed by atoms with Gasteiger partial charge in [-0.3, -0.25) is 4.79 Å². The summed E-state index contributed by atoms with van der Waals surface area (Å²) in [5.41, 5.74) is 0. The summed E-state index contributed by atoms with van der Waals surface area (Å²) >= 11 is 0. The summed E-state index contributed by atoms with van der Waals surface area (Å²) in [6, 6.07) is -0.933. The summed E-state index contributed by atoms with van der Waals surface area (Å²) in [6.07, 6.45) is 27.6. The molecule has 2 heterocycles. The maximum Gasteiger partial charge on any atom is 0.220 e. The van der Waals surface area contributed by atoms with E-state index in [-0.39, 0.29) is 18.9 Å². The minimum absolute atomic E-state index is 0.255. The van der Waals surface area contributed by atoms with Gasteiger partial charge in [0.15, 0.2) is 12.6 Å². The number of amides is 1. The molecule has 2 saturated heterocycles. The maximum absolute atomic E-state index is 13.1. The Hall–Kier alpha value is -1.79. The van der Waals surface area contributed by atoms with Crippen molar-refractivity contribution in [1.82, 2.24) is 5.32 Å². The molecule has 2 aliphatic heterocycles. The van der Waals surface area contributed by atoms with Crippen LogP contribution in [-0.2, 0) is 23.7 Å². The van der Waals surface area contributed by atoms with E-state index in [1.54, 1.807) is 6.08 Å². The number of nitrogens with one attached hydrogen (secondary N) is 1. The highest BCUT2D eigenvalue weighted by atomic mass is 16.7. The van der Waals surface area contributed by atoms with Crippen molar-refractivity contribution in [2.75, 3.05) is 19.8 Å². The van der Waals surface area contributed by atoms with Crippen LogP contribution < -0.4 is 5.32 Å². The summed E-state index contributed by atoms with van der Waals surface area (Å²) in [7, 11) is 0. The number of ether oxygens (including phenoxy) is 4. The van der Waals surface area contributed by atoms with E-state index in [0.717, 1.165) is 44.9 Å². The molecule has 14 nitrogen and oxygen atoms in total. The fourth-order valence-corrected chi connectivity index (χ4v) is 8.50. The molecule has 0 aliphatic carbocycles. The van der Waals surface area contributed by atoms with E-state index >= 15 is 0 Å². The third-order valence-electron chi connectivity index (χ3n) is 12.8. The number of aliphatic hydroxyl groups is 8. The van der Waals surface area contributed by atoms with E-state index in [0.29, 0.717) is 12.8 Å². The Kier molecular flexibility index (Phi) is 35.6. The molecule has 0 aromatic carbocycles. The Labute approximate surface area is 398 Å². The second-order valence-electron chi connectivity index (χ2n) is 18.6. The van der Waals surface area contributed by atoms with Crippen molar-refractivity contribution in [3.63, 3.8) is 0 Å². The van der Waals surface area contributed by atoms with Gasteiger partial charge in [-0.1, -0.05) is 179 Å². The largest absolute Gasteiger partial charge is 0.394 e. The molecule has 0 saturated carbocycles. The van der Waals surface area contributed by atoms with Crippen molar-refractivity contribution in [3.05, 3.63) is 36.5 Å².